The molecule has 6 atom stereocenters. The van der Waals surface area contributed by atoms with Crippen molar-refractivity contribution in [1.82, 2.24) is 0 Å². The van der Waals surface area contributed by atoms with Crippen LogP contribution in [0.2, 0.25) is 0 Å². The van der Waals surface area contributed by atoms with Gasteiger partial charge in [-0.3, -0.25) is 9.59 Å². The van der Waals surface area contributed by atoms with Crippen molar-refractivity contribution in [2.75, 3.05) is 49.1 Å². The van der Waals surface area contributed by atoms with Crippen molar-refractivity contribution in [3.8, 4) is 11.5 Å². The molecule has 0 saturated carbocycles. The van der Waals surface area contributed by atoms with Crippen LogP contribution in [0.5, 0.6) is 11.5 Å². The topological polar surface area (TPSA) is 99.5 Å². The van der Waals surface area contributed by atoms with Gasteiger partial charge in [-0.25, -0.2) is 17.6 Å². The maximum Gasteiger partial charge on any atom is 0.233 e. The van der Waals surface area contributed by atoms with Gasteiger partial charge in [-0.2, -0.15) is 0 Å². The molecule has 5 fully saturated rings. The summed E-state index contributed by atoms with van der Waals surface area (Å²) in [5, 5.41) is 21.8. The average Bonchev–Trinajstić information content (AvgIpc) is 1.05. The first-order chi connectivity index (χ1) is 40.8. The minimum atomic E-state index is -0.842. The van der Waals surface area contributed by atoms with E-state index in [4.69, 9.17) is 9.47 Å². The van der Waals surface area contributed by atoms with Crippen molar-refractivity contribution in [1.29, 1.82) is 0 Å². The van der Waals surface area contributed by atoms with Crippen LogP contribution in [0.3, 0.4) is 0 Å². The van der Waals surface area contributed by atoms with E-state index in [0.717, 1.165) is 83.6 Å². The maximum absolute atomic E-state index is 13.9. The van der Waals surface area contributed by atoms with Crippen LogP contribution >= 0.6 is 0 Å². The Morgan fingerprint density at radius 3 is 1.02 bits per heavy atom. The highest BCUT2D eigenvalue weighted by atomic mass is 19.1. The second kappa shape index (κ2) is 24.2. The molecule has 14 heteroatoms. The molecule has 5 aliphatic heterocycles. The van der Waals surface area contributed by atoms with E-state index < -0.39 is 24.0 Å². The highest BCUT2D eigenvalue weighted by Crippen LogP contribution is 2.48. The zero-order valence-corrected chi connectivity index (χ0v) is 46.7. The van der Waals surface area contributed by atoms with E-state index in [1.54, 1.807) is 58.3 Å². The number of hydrogen-bond acceptors (Lipinski definition) is 6. The molecular formula is C70H68F4N4O6+2. The molecule has 0 aliphatic carbocycles. The Hall–Kier alpha value is -8.14. The molecular weight excluding hydrogens is 1070 g/mol. The molecule has 8 aromatic rings. The van der Waals surface area contributed by atoms with Crippen molar-refractivity contribution in [2.24, 2.45) is 11.8 Å². The summed E-state index contributed by atoms with van der Waals surface area (Å²) >= 11 is 0. The van der Waals surface area contributed by atoms with Gasteiger partial charge in [0.15, 0.2) is 0 Å². The van der Waals surface area contributed by atoms with Gasteiger partial charge in [0, 0.05) is 22.5 Å². The number of rotatable bonds is 22. The molecule has 5 aliphatic rings. The number of carbonyl (C=O) groups excluding carboxylic acids is 2. The molecule has 2 amide bonds. The highest BCUT2D eigenvalue weighted by Gasteiger charge is 2.51. The minimum Gasteiger partial charge on any atom is -0.489 e. The number of piperazine rings is 3. The van der Waals surface area contributed by atoms with Gasteiger partial charge in [-0.1, -0.05) is 97.1 Å². The van der Waals surface area contributed by atoms with Gasteiger partial charge in [0.05, 0.1) is 36.1 Å². The van der Waals surface area contributed by atoms with Crippen molar-refractivity contribution < 1.29 is 55.8 Å². The molecule has 2 bridgehead atoms. The molecule has 13 rings (SSSR count). The van der Waals surface area contributed by atoms with Gasteiger partial charge in [0.2, 0.25) is 11.8 Å². The van der Waals surface area contributed by atoms with Crippen LogP contribution in [-0.2, 0) is 35.9 Å². The SMILES string of the molecule is O=C1[C@H](CC[C@H](O)c2ccc(F)cc2)[C@@H](c2ccc(OCc3ccc(C[N+]45CC[N+](Cc6ccc(COc7ccc([C@@H]8[C@@H](CC[C@H](O)c9ccc(F)cc9)C(=O)N8c8ccc(F)cc8)cc7)cc6)(CC4)CC5)cc3)cc2)N1c1ccc(F)cc1. The van der Waals surface area contributed by atoms with Crippen LogP contribution in [0.15, 0.2) is 194 Å². The normalized spacial score (nSPS) is 22.5. The summed E-state index contributed by atoms with van der Waals surface area (Å²) in [7, 11) is 0. The van der Waals surface area contributed by atoms with Crippen LogP contribution < -0.4 is 19.3 Å². The quantitative estimate of drug-likeness (QED) is 0.0398. The van der Waals surface area contributed by atoms with E-state index in [-0.39, 0.29) is 47.2 Å². The van der Waals surface area contributed by atoms with E-state index in [1.807, 2.05) is 48.5 Å². The number of fused-ring (bicyclic) bond motifs is 3. The van der Waals surface area contributed by atoms with Crippen molar-refractivity contribution in [3.05, 3.63) is 262 Å². The summed E-state index contributed by atoms with van der Waals surface area (Å²) in [5.74, 6) is -1.11. The lowest BCUT2D eigenvalue weighted by Gasteiger charge is -2.55. The molecule has 430 valence electrons. The van der Waals surface area contributed by atoms with Crippen LogP contribution in [0.25, 0.3) is 0 Å². The van der Waals surface area contributed by atoms with E-state index in [1.165, 1.54) is 59.7 Å². The number of nitrogens with zero attached hydrogens (tertiary/aromatic N) is 4. The number of benzene rings is 8. The molecule has 84 heavy (non-hydrogen) atoms. The van der Waals surface area contributed by atoms with Crippen molar-refractivity contribution >= 4 is 23.2 Å². The molecule has 8 aromatic carbocycles. The number of amides is 2. The van der Waals surface area contributed by atoms with Crippen molar-refractivity contribution in [2.45, 2.75) is 76.3 Å². The first kappa shape index (κ1) is 56.3. The number of anilines is 2. The minimum absolute atomic E-state index is 0.0943. The molecule has 0 radical (unpaired) electrons. The van der Waals surface area contributed by atoms with Gasteiger partial charge < -0.3 is 38.5 Å². The Labute approximate surface area is 487 Å². The third-order valence-electron chi connectivity index (χ3n) is 18.1. The Morgan fingerprint density at radius 1 is 0.405 bits per heavy atom. The Bertz CT molecular complexity index is 3290. The maximum atomic E-state index is 13.9. The predicted octanol–water partition coefficient (Wildman–Crippen LogP) is 13.2. The fourth-order valence-electron chi connectivity index (χ4n) is 13.1. The zero-order chi connectivity index (χ0) is 58.0. The molecule has 2 N–H and O–H groups in total. The zero-order valence-electron chi connectivity index (χ0n) is 46.7. The van der Waals surface area contributed by atoms with Crippen molar-refractivity contribution in [3.63, 3.8) is 0 Å². The van der Waals surface area contributed by atoms with Crippen LogP contribution in [0.4, 0.5) is 28.9 Å². The second-order valence-corrected chi connectivity index (χ2v) is 23.5. The van der Waals surface area contributed by atoms with E-state index in [2.05, 4.69) is 48.5 Å². The number of β-lactam (4-membered cyclic amide) rings is 2. The van der Waals surface area contributed by atoms with Gasteiger partial charge >= 0.3 is 0 Å². The summed E-state index contributed by atoms with van der Waals surface area (Å²) in [6, 6.07) is 55.7. The number of carbonyl (C=O) groups is 2. The molecule has 5 heterocycles. The Morgan fingerprint density at radius 2 is 0.702 bits per heavy atom. The monoisotopic (exact) mass is 1140 g/mol. The number of aliphatic hydroxyl groups is 2. The second-order valence-electron chi connectivity index (χ2n) is 23.5. The lowest BCUT2D eigenvalue weighted by Crippen LogP contribution is -2.74. The van der Waals surface area contributed by atoms with Crippen LogP contribution in [-0.4, -0.2) is 70.3 Å². The van der Waals surface area contributed by atoms with E-state index >= 15 is 0 Å². The third kappa shape index (κ3) is 12.3. The largest absolute Gasteiger partial charge is 0.489 e. The summed E-state index contributed by atoms with van der Waals surface area (Å²) in [4.78, 5) is 30.6. The smallest absolute Gasteiger partial charge is 0.233 e. The lowest BCUT2D eigenvalue weighted by atomic mass is 9.78. The molecule has 0 unspecified atom stereocenters. The molecule has 0 spiro atoms. The van der Waals surface area contributed by atoms with Crippen LogP contribution in [0.1, 0.15) is 94.5 Å². The number of halogens is 4. The van der Waals surface area contributed by atoms with E-state index in [0.29, 0.717) is 72.9 Å². The van der Waals surface area contributed by atoms with Gasteiger partial charge in [0.25, 0.3) is 0 Å². The fourth-order valence-corrected chi connectivity index (χ4v) is 13.1. The number of hydrogen-bond donors (Lipinski definition) is 2. The van der Waals surface area contributed by atoms with Gasteiger partial charge in [0.1, 0.15) is 100 Å². The predicted molar refractivity (Wildman–Crippen MR) is 313 cm³/mol. The summed E-state index contributed by atoms with van der Waals surface area (Å²) in [6.45, 7) is 9.67. The number of ether oxygens (including phenoxy) is 2. The van der Waals surface area contributed by atoms with Crippen LogP contribution in [0, 0.1) is 35.1 Å². The molecule has 0 aromatic heterocycles. The lowest BCUT2D eigenvalue weighted by molar-refractivity contribution is -1.09. The standard InChI is InChI=1S/C70H68F4N4O6/c71-55-17-9-51(10-18-55)65(79)35-33-63-67(75(69(63)81)59-25-21-57(73)22-26-59)53-13-29-61(30-14-53)83-45-49-5-1-47(2-6-49)43-77-37-40-78(41-38-77,42-39-77)44-48-3-7-50(8-4-48)46-84-62-31-15-54(16-32-62)68-64(34-36-66(80)52-11-19-56(72)20-12-52)70(82)76(68)60-27-23-58(74)24-28-60/h1-32,63-68,79-80H,33-46H2/q+2/t63-,64-,65+,66+,67-,68-,77?,78?/m1/s1. The fraction of sp³-hybridized carbons (Fsp3) is 0.286. The molecule has 5 saturated heterocycles. The summed E-state index contributed by atoms with van der Waals surface area (Å²) in [5.41, 5.74) is 9.00. The third-order valence-corrected chi connectivity index (χ3v) is 18.1. The summed E-state index contributed by atoms with van der Waals surface area (Å²) < 4.78 is 69.5. The first-order valence-corrected chi connectivity index (χ1v) is 29.1. The number of aliphatic hydroxyl groups excluding tert-OH is 2. The highest BCUT2D eigenvalue weighted by molar-refractivity contribution is 6.04. The number of quaternary nitrogens is 2. The summed E-state index contributed by atoms with van der Waals surface area (Å²) in [6.07, 6.45) is -0.195. The van der Waals surface area contributed by atoms with Gasteiger partial charge in [-0.05, 0) is 156 Å². The Kier molecular flexibility index (Phi) is 16.2. The van der Waals surface area contributed by atoms with Gasteiger partial charge in [-0.15, -0.1) is 0 Å². The average molecular weight is 1140 g/mol. The molecule has 10 nitrogen and oxygen atoms in total. The van der Waals surface area contributed by atoms with E-state index in [9.17, 15) is 37.4 Å². The first-order valence-electron chi connectivity index (χ1n) is 29.1. The Balaban J connectivity index is 0.602.